The van der Waals surface area contributed by atoms with Gasteiger partial charge in [-0.25, -0.2) is 0 Å². The van der Waals surface area contributed by atoms with Gasteiger partial charge in [-0.3, -0.25) is 0 Å². The molecule has 0 amide bonds. The van der Waals surface area contributed by atoms with Crippen LogP contribution in [0.1, 0.15) is 59.3 Å². The molecule has 102 valence electrons. The topological polar surface area (TPSA) is 44.3 Å². The SMILES string of the molecule is CC(NC1CCCCCC1)C(C)(C)NCCO. The molecule has 1 aliphatic carbocycles. The minimum atomic E-state index is 0.0367. The summed E-state index contributed by atoms with van der Waals surface area (Å²) in [6.07, 6.45) is 8.18. The van der Waals surface area contributed by atoms with Gasteiger partial charge >= 0.3 is 0 Å². The summed E-state index contributed by atoms with van der Waals surface area (Å²) in [5.74, 6) is 0. The summed E-state index contributed by atoms with van der Waals surface area (Å²) in [5, 5.41) is 16.1. The van der Waals surface area contributed by atoms with Crippen LogP contribution in [0.2, 0.25) is 0 Å². The minimum absolute atomic E-state index is 0.0367. The Balaban J connectivity index is 2.37. The number of nitrogens with one attached hydrogen (secondary N) is 2. The second-order valence-electron chi connectivity index (χ2n) is 5.95. The van der Waals surface area contributed by atoms with Crippen LogP contribution < -0.4 is 10.6 Å². The van der Waals surface area contributed by atoms with Crippen molar-refractivity contribution in [2.75, 3.05) is 13.2 Å². The molecule has 1 atom stereocenters. The van der Waals surface area contributed by atoms with E-state index < -0.39 is 0 Å². The molecule has 1 saturated carbocycles. The van der Waals surface area contributed by atoms with E-state index in [1.165, 1.54) is 38.5 Å². The van der Waals surface area contributed by atoms with Gasteiger partial charge in [-0.15, -0.1) is 0 Å². The van der Waals surface area contributed by atoms with Crippen LogP contribution in [-0.2, 0) is 0 Å². The molecule has 3 nitrogen and oxygen atoms in total. The van der Waals surface area contributed by atoms with E-state index in [0.717, 1.165) is 0 Å². The Hall–Kier alpha value is -0.120. The van der Waals surface area contributed by atoms with Crippen molar-refractivity contribution in [1.29, 1.82) is 0 Å². The van der Waals surface area contributed by atoms with Gasteiger partial charge < -0.3 is 15.7 Å². The van der Waals surface area contributed by atoms with E-state index in [2.05, 4.69) is 31.4 Å². The van der Waals surface area contributed by atoms with Crippen LogP contribution in [0.5, 0.6) is 0 Å². The summed E-state index contributed by atoms with van der Waals surface area (Å²) in [5.41, 5.74) is 0.0367. The van der Waals surface area contributed by atoms with Crippen molar-refractivity contribution < 1.29 is 5.11 Å². The van der Waals surface area contributed by atoms with Gasteiger partial charge in [-0.1, -0.05) is 25.7 Å². The van der Waals surface area contributed by atoms with E-state index in [1.54, 1.807) is 0 Å². The first-order chi connectivity index (χ1) is 8.06. The third kappa shape index (κ3) is 5.36. The highest BCUT2D eigenvalue weighted by atomic mass is 16.3. The van der Waals surface area contributed by atoms with Gasteiger partial charge in [0.2, 0.25) is 0 Å². The fraction of sp³-hybridized carbons (Fsp3) is 1.00. The highest BCUT2D eigenvalue weighted by molar-refractivity contribution is 4.90. The van der Waals surface area contributed by atoms with Crippen LogP contribution in [0.15, 0.2) is 0 Å². The molecule has 0 radical (unpaired) electrons. The van der Waals surface area contributed by atoms with Crippen molar-refractivity contribution in [3.63, 3.8) is 0 Å². The summed E-state index contributed by atoms with van der Waals surface area (Å²) >= 11 is 0. The number of aliphatic hydroxyl groups excluding tert-OH is 1. The summed E-state index contributed by atoms with van der Waals surface area (Å²) in [4.78, 5) is 0. The van der Waals surface area contributed by atoms with Crippen LogP contribution in [0.25, 0.3) is 0 Å². The normalized spacial score (nSPS) is 21.2. The quantitative estimate of drug-likeness (QED) is 0.625. The van der Waals surface area contributed by atoms with Crippen molar-refractivity contribution in [3.05, 3.63) is 0 Å². The Morgan fingerprint density at radius 3 is 2.29 bits per heavy atom. The molecule has 3 heteroatoms. The first kappa shape index (κ1) is 14.9. The molecule has 3 N–H and O–H groups in total. The summed E-state index contributed by atoms with van der Waals surface area (Å²) < 4.78 is 0. The van der Waals surface area contributed by atoms with E-state index >= 15 is 0 Å². The van der Waals surface area contributed by atoms with E-state index in [4.69, 9.17) is 5.11 Å². The van der Waals surface area contributed by atoms with Gasteiger partial charge in [0.25, 0.3) is 0 Å². The van der Waals surface area contributed by atoms with Crippen molar-refractivity contribution in [2.24, 2.45) is 0 Å². The summed E-state index contributed by atoms with van der Waals surface area (Å²) in [6, 6.07) is 1.11. The summed E-state index contributed by atoms with van der Waals surface area (Å²) in [6.45, 7) is 7.53. The van der Waals surface area contributed by atoms with Gasteiger partial charge in [-0.2, -0.15) is 0 Å². The Morgan fingerprint density at radius 1 is 1.18 bits per heavy atom. The number of rotatable bonds is 6. The lowest BCUT2D eigenvalue weighted by Gasteiger charge is -2.36. The highest BCUT2D eigenvalue weighted by Gasteiger charge is 2.26. The van der Waals surface area contributed by atoms with Crippen LogP contribution in [0.3, 0.4) is 0 Å². The third-order valence-electron chi connectivity index (χ3n) is 4.12. The number of aliphatic hydroxyl groups is 1. The molecule has 0 heterocycles. The molecular formula is C14H30N2O. The standard InChI is InChI=1S/C14H30N2O/c1-12(14(2,3)15-10-11-17)16-13-8-6-4-5-7-9-13/h12-13,15-17H,4-11H2,1-3H3. The second-order valence-corrected chi connectivity index (χ2v) is 5.95. The molecule has 1 aliphatic rings. The molecule has 0 bridgehead atoms. The van der Waals surface area contributed by atoms with E-state index in [-0.39, 0.29) is 12.1 Å². The number of hydrogen-bond acceptors (Lipinski definition) is 3. The molecule has 0 saturated heterocycles. The maximum absolute atomic E-state index is 8.89. The smallest absolute Gasteiger partial charge is 0.0556 e. The maximum Gasteiger partial charge on any atom is 0.0556 e. The Bertz CT molecular complexity index is 198. The van der Waals surface area contributed by atoms with Crippen molar-refractivity contribution in [3.8, 4) is 0 Å². The van der Waals surface area contributed by atoms with E-state index in [0.29, 0.717) is 18.6 Å². The monoisotopic (exact) mass is 242 g/mol. The zero-order valence-corrected chi connectivity index (χ0v) is 11.8. The molecule has 0 aromatic carbocycles. The molecule has 0 aromatic heterocycles. The lowest BCUT2D eigenvalue weighted by atomic mass is 9.94. The van der Waals surface area contributed by atoms with Gasteiger partial charge in [0.1, 0.15) is 0 Å². The van der Waals surface area contributed by atoms with Crippen LogP contribution in [0, 0.1) is 0 Å². The molecule has 0 aromatic rings. The number of hydrogen-bond donors (Lipinski definition) is 3. The fourth-order valence-corrected chi connectivity index (χ4v) is 2.54. The molecule has 1 unspecified atom stereocenters. The van der Waals surface area contributed by atoms with Gasteiger partial charge in [0.05, 0.1) is 6.61 Å². The molecular weight excluding hydrogens is 212 g/mol. The highest BCUT2D eigenvalue weighted by Crippen LogP contribution is 2.19. The van der Waals surface area contributed by atoms with Crippen molar-refractivity contribution >= 4 is 0 Å². The number of β-amino-alcohol motifs (C(OH)–C–C–N with tert-alkyl or cyclic N) is 1. The third-order valence-corrected chi connectivity index (χ3v) is 4.12. The van der Waals surface area contributed by atoms with Gasteiger partial charge in [0.15, 0.2) is 0 Å². The van der Waals surface area contributed by atoms with Gasteiger partial charge in [0, 0.05) is 24.2 Å². The largest absolute Gasteiger partial charge is 0.395 e. The summed E-state index contributed by atoms with van der Waals surface area (Å²) in [7, 11) is 0. The van der Waals surface area contributed by atoms with Crippen LogP contribution in [0.4, 0.5) is 0 Å². The zero-order valence-electron chi connectivity index (χ0n) is 11.8. The minimum Gasteiger partial charge on any atom is -0.395 e. The van der Waals surface area contributed by atoms with Gasteiger partial charge in [-0.05, 0) is 33.6 Å². The maximum atomic E-state index is 8.89. The second kappa shape index (κ2) is 7.34. The van der Waals surface area contributed by atoms with Crippen molar-refractivity contribution in [1.82, 2.24) is 10.6 Å². The van der Waals surface area contributed by atoms with Crippen LogP contribution in [-0.4, -0.2) is 35.9 Å². The average Bonchev–Trinajstić information content (AvgIpc) is 2.55. The molecule has 1 fully saturated rings. The lowest BCUT2D eigenvalue weighted by molar-refractivity contribution is 0.227. The van der Waals surface area contributed by atoms with Crippen LogP contribution >= 0.6 is 0 Å². The first-order valence-corrected chi connectivity index (χ1v) is 7.18. The first-order valence-electron chi connectivity index (χ1n) is 7.18. The predicted octanol–water partition coefficient (Wildman–Crippen LogP) is 2.05. The Kier molecular flexibility index (Phi) is 6.45. The molecule has 17 heavy (non-hydrogen) atoms. The Morgan fingerprint density at radius 2 is 1.76 bits per heavy atom. The average molecular weight is 242 g/mol. The Labute approximate surface area is 106 Å². The molecule has 1 rings (SSSR count). The van der Waals surface area contributed by atoms with E-state index in [1.807, 2.05) is 0 Å². The molecule has 0 spiro atoms. The molecule has 0 aliphatic heterocycles. The van der Waals surface area contributed by atoms with Crippen molar-refractivity contribution in [2.45, 2.75) is 76.9 Å². The zero-order chi connectivity index (χ0) is 12.7. The fourth-order valence-electron chi connectivity index (χ4n) is 2.54. The van der Waals surface area contributed by atoms with E-state index in [9.17, 15) is 0 Å². The predicted molar refractivity (Wildman–Crippen MR) is 73.3 cm³/mol. The lowest BCUT2D eigenvalue weighted by Crippen LogP contribution is -2.57.